The molecule has 3 heteroatoms. The zero-order valence-corrected chi connectivity index (χ0v) is 19.8. The lowest BCUT2D eigenvalue weighted by atomic mass is 9.96. The Morgan fingerprint density at radius 1 is 0.486 bits per heavy atom. The van der Waals surface area contributed by atoms with E-state index in [0.717, 1.165) is 77.0 Å². The molecule has 3 nitrogen and oxygen atoms in total. The lowest BCUT2D eigenvalue weighted by molar-refractivity contribution is 0.673. The average Bonchev–Trinajstić information content (AvgIpc) is 3.35. The fourth-order valence-electron chi connectivity index (χ4n) is 5.52. The van der Waals surface area contributed by atoms with E-state index in [1.165, 1.54) is 0 Å². The second kappa shape index (κ2) is 7.74. The third kappa shape index (κ3) is 3.01. The Hall–Kier alpha value is -5.02. The summed E-state index contributed by atoms with van der Waals surface area (Å²) < 4.78 is 6.48. The molecule has 0 fully saturated rings. The minimum Gasteiger partial charge on any atom is -0.455 e. The molecule has 0 radical (unpaired) electrons. The number of aromatic nitrogens is 2. The molecule has 0 N–H and O–H groups in total. The van der Waals surface area contributed by atoms with Gasteiger partial charge in [0.05, 0.1) is 22.4 Å². The van der Waals surface area contributed by atoms with Crippen molar-refractivity contribution in [2.45, 2.75) is 0 Å². The topological polar surface area (TPSA) is 38.9 Å². The van der Waals surface area contributed by atoms with E-state index in [4.69, 9.17) is 14.4 Å². The average molecular weight is 473 g/mol. The number of furan rings is 1. The van der Waals surface area contributed by atoms with E-state index in [9.17, 15) is 0 Å². The summed E-state index contributed by atoms with van der Waals surface area (Å²) in [4.78, 5) is 10.6. The highest BCUT2D eigenvalue weighted by molar-refractivity contribution is 6.19. The number of fused-ring (bicyclic) bond motifs is 8. The van der Waals surface area contributed by atoms with E-state index >= 15 is 0 Å². The van der Waals surface area contributed by atoms with Crippen LogP contribution in [0.1, 0.15) is 0 Å². The van der Waals surface area contributed by atoms with Crippen LogP contribution in [-0.4, -0.2) is 9.97 Å². The molecular formula is C34H20N2O. The van der Waals surface area contributed by atoms with Gasteiger partial charge in [-0.1, -0.05) is 103 Å². The Morgan fingerprint density at radius 2 is 1.24 bits per heavy atom. The van der Waals surface area contributed by atoms with Crippen LogP contribution in [0.2, 0.25) is 0 Å². The quantitative estimate of drug-likeness (QED) is 0.235. The van der Waals surface area contributed by atoms with Gasteiger partial charge in [-0.15, -0.1) is 0 Å². The van der Waals surface area contributed by atoms with E-state index in [2.05, 4.69) is 91.0 Å². The SMILES string of the molecule is c1ccc(-c2nc3ccc4ccccc4c3nc2-c2cccc3ccc4c5ccccc5oc4c23)cc1. The zero-order chi connectivity index (χ0) is 24.3. The summed E-state index contributed by atoms with van der Waals surface area (Å²) in [5.74, 6) is 0. The van der Waals surface area contributed by atoms with Crippen LogP contribution in [-0.2, 0) is 0 Å². The smallest absolute Gasteiger partial charge is 0.143 e. The number of nitrogens with zero attached hydrogens (tertiary/aromatic N) is 2. The molecule has 8 rings (SSSR count). The van der Waals surface area contributed by atoms with Gasteiger partial charge in [-0.05, 0) is 29.0 Å². The largest absolute Gasteiger partial charge is 0.455 e. The first-order chi connectivity index (χ1) is 18.3. The van der Waals surface area contributed by atoms with Crippen molar-refractivity contribution >= 4 is 54.5 Å². The van der Waals surface area contributed by atoms with Gasteiger partial charge in [0.25, 0.3) is 0 Å². The number of hydrogen-bond donors (Lipinski definition) is 0. The minimum absolute atomic E-state index is 0.855. The summed E-state index contributed by atoms with van der Waals surface area (Å²) in [5, 5.41) is 6.65. The van der Waals surface area contributed by atoms with Crippen molar-refractivity contribution in [3.63, 3.8) is 0 Å². The van der Waals surface area contributed by atoms with E-state index in [-0.39, 0.29) is 0 Å². The molecule has 0 aliphatic carbocycles. The van der Waals surface area contributed by atoms with Crippen LogP contribution in [0.3, 0.4) is 0 Å². The lowest BCUT2D eigenvalue weighted by Crippen LogP contribution is -1.97. The number of hydrogen-bond acceptors (Lipinski definition) is 3. The van der Waals surface area contributed by atoms with Crippen molar-refractivity contribution in [2.75, 3.05) is 0 Å². The molecule has 0 atom stereocenters. The van der Waals surface area contributed by atoms with Gasteiger partial charge in [0, 0.05) is 32.7 Å². The standard InChI is InChI=1S/C34H20N2O/c1-2-10-23(11-3-1)31-33(36-32-24-13-5-4-9-21(24)18-20-28(32)35-31)27-15-8-12-22-17-19-26-25-14-6-7-16-29(25)37-34(26)30(22)27/h1-20H. The first-order valence-electron chi connectivity index (χ1n) is 12.4. The van der Waals surface area contributed by atoms with Crippen molar-refractivity contribution < 1.29 is 4.42 Å². The lowest BCUT2D eigenvalue weighted by Gasteiger charge is -2.14. The highest BCUT2D eigenvalue weighted by Crippen LogP contribution is 2.41. The molecule has 6 aromatic carbocycles. The highest BCUT2D eigenvalue weighted by atomic mass is 16.3. The molecule has 2 heterocycles. The van der Waals surface area contributed by atoms with Crippen LogP contribution in [0.4, 0.5) is 0 Å². The first-order valence-corrected chi connectivity index (χ1v) is 12.4. The summed E-state index contributed by atoms with van der Waals surface area (Å²) in [6.45, 7) is 0. The molecule has 172 valence electrons. The molecule has 37 heavy (non-hydrogen) atoms. The molecule has 0 amide bonds. The monoisotopic (exact) mass is 472 g/mol. The maximum atomic E-state index is 6.48. The van der Waals surface area contributed by atoms with Crippen LogP contribution in [0.5, 0.6) is 0 Å². The van der Waals surface area contributed by atoms with Gasteiger partial charge in [-0.3, -0.25) is 0 Å². The van der Waals surface area contributed by atoms with E-state index in [0.29, 0.717) is 0 Å². The predicted octanol–water partition coefficient (Wildman–Crippen LogP) is 9.17. The summed E-state index contributed by atoms with van der Waals surface area (Å²) in [5.41, 5.74) is 7.33. The van der Waals surface area contributed by atoms with Crippen molar-refractivity contribution in [3.8, 4) is 22.5 Å². The van der Waals surface area contributed by atoms with Crippen molar-refractivity contribution in [1.82, 2.24) is 9.97 Å². The molecule has 0 spiro atoms. The maximum Gasteiger partial charge on any atom is 0.143 e. The summed E-state index contributed by atoms with van der Waals surface area (Å²) in [6.07, 6.45) is 0. The van der Waals surface area contributed by atoms with Crippen molar-refractivity contribution in [3.05, 3.63) is 121 Å². The molecule has 0 aliphatic heterocycles. The molecule has 2 aromatic heterocycles. The van der Waals surface area contributed by atoms with Gasteiger partial charge >= 0.3 is 0 Å². The van der Waals surface area contributed by atoms with Crippen LogP contribution >= 0.6 is 0 Å². The van der Waals surface area contributed by atoms with Crippen molar-refractivity contribution in [1.29, 1.82) is 0 Å². The predicted molar refractivity (Wildman–Crippen MR) is 153 cm³/mol. The van der Waals surface area contributed by atoms with E-state index in [1.54, 1.807) is 0 Å². The van der Waals surface area contributed by atoms with Crippen LogP contribution in [0, 0.1) is 0 Å². The summed E-state index contributed by atoms with van der Waals surface area (Å²) in [6, 6.07) is 41.8. The maximum absolute atomic E-state index is 6.48. The van der Waals surface area contributed by atoms with Crippen LogP contribution in [0.15, 0.2) is 126 Å². The normalized spacial score (nSPS) is 11.8. The minimum atomic E-state index is 0.855. The third-order valence-electron chi connectivity index (χ3n) is 7.25. The van der Waals surface area contributed by atoms with Gasteiger partial charge in [0.2, 0.25) is 0 Å². The number of benzene rings is 6. The third-order valence-corrected chi connectivity index (χ3v) is 7.25. The van der Waals surface area contributed by atoms with Gasteiger partial charge < -0.3 is 4.42 Å². The molecular weight excluding hydrogens is 452 g/mol. The first kappa shape index (κ1) is 20.2. The van der Waals surface area contributed by atoms with Crippen molar-refractivity contribution in [2.24, 2.45) is 0 Å². The molecule has 0 saturated heterocycles. The second-order valence-electron chi connectivity index (χ2n) is 9.39. The molecule has 0 bridgehead atoms. The zero-order valence-electron chi connectivity index (χ0n) is 19.8. The fourth-order valence-corrected chi connectivity index (χ4v) is 5.52. The Kier molecular flexibility index (Phi) is 4.23. The number of para-hydroxylation sites is 1. The Morgan fingerprint density at radius 3 is 2.16 bits per heavy atom. The van der Waals surface area contributed by atoms with Gasteiger partial charge in [-0.25, -0.2) is 9.97 Å². The number of rotatable bonds is 2. The Balaban J connectivity index is 1.55. The summed E-state index contributed by atoms with van der Waals surface area (Å²) >= 11 is 0. The fraction of sp³-hybridized carbons (Fsp3) is 0. The molecule has 0 aliphatic rings. The summed E-state index contributed by atoms with van der Waals surface area (Å²) in [7, 11) is 0. The van der Waals surface area contributed by atoms with Crippen LogP contribution < -0.4 is 0 Å². The molecule has 0 saturated carbocycles. The Labute approximate surface area is 212 Å². The Bertz CT molecular complexity index is 2140. The van der Waals surface area contributed by atoms with Gasteiger partial charge in [0.1, 0.15) is 11.2 Å². The highest BCUT2D eigenvalue weighted by Gasteiger charge is 2.19. The van der Waals surface area contributed by atoms with E-state index < -0.39 is 0 Å². The molecule has 8 aromatic rings. The van der Waals surface area contributed by atoms with Gasteiger partial charge in [-0.2, -0.15) is 0 Å². The molecule has 0 unspecified atom stereocenters. The van der Waals surface area contributed by atoms with Gasteiger partial charge in [0.15, 0.2) is 0 Å². The second-order valence-corrected chi connectivity index (χ2v) is 9.39. The van der Waals surface area contributed by atoms with Crippen LogP contribution in [0.25, 0.3) is 77.0 Å². The van der Waals surface area contributed by atoms with E-state index in [1.807, 2.05) is 30.3 Å².